The van der Waals surface area contributed by atoms with Crippen molar-refractivity contribution in [3.63, 3.8) is 0 Å². The predicted molar refractivity (Wildman–Crippen MR) is 72.8 cm³/mol. The molecule has 18 heavy (non-hydrogen) atoms. The maximum atomic E-state index is 9.87. The van der Waals surface area contributed by atoms with Gasteiger partial charge in [0.05, 0.1) is 6.04 Å². The molecule has 4 nitrogen and oxygen atoms in total. The third-order valence-corrected chi connectivity index (χ3v) is 4.03. The Bertz CT molecular complexity index is 279. The van der Waals surface area contributed by atoms with Crippen molar-refractivity contribution < 1.29 is 15.3 Å². The van der Waals surface area contributed by atoms with Crippen LogP contribution in [0.1, 0.15) is 32.6 Å². The molecule has 4 atom stereocenters. The Morgan fingerprint density at radius 3 is 2.17 bits per heavy atom. The average molecular weight is 278 g/mol. The summed E-state index contributed by atoms with van der Waals surface area (Å²) in [4.78, 5) is 0. The van der Waals surface area contributed by atoms with Crippen molar-refractivity contribution in [1.29, 1.82) is 0 Å². The van der Waals surface area contributed by atoms with Gasteiger partial charge in [-0.1, -0.05) is 19.1 Å². The highest BCUT2D eigenvalue weighted by Crippen LogP contribution is 2.25. The Labute approximate surface area is 115 Å². The van der Waals surface area contributed by atoms with E-state index < -0.39 is 18.3 Å². The van der Waals surface area contributed by atoms with Gasteiger partial charge in [0.25, 0.3) is 0 Å². The zero-order valence-electron chi connectivity index (χ0n) is 10.7. The summed E-state index contributed by atoms with van der Waals surface area (Å²) >= 11 is 0. The van der Waals surface area contributed by atoms with Crippen LogP contribution in [0.5, 0.6) is 0 Å². The smallest absolute Gasteiger partial charge is 0.111 e. The highest BCUT2D eigenvalue weighted by molar-refractivity contribution is 5.85. The Morgan fingerprint density at radius 2 is 1.56 bits per heavy atom. The van der Waals surface area contributed by atoms with Crippen LogP contribution in [0.15, 0.2) is 12.2 Å². The lowest BCUT2D eigenvalue weighted by atomic mass is 9.86. The summed E-state index contributed by atoms with van der Waals surface area (Å²) < 4.78 is 0. The quantitative estimate of drug-likeness (QED) is 0.558. The van der Waals surface area contributed by atoms with Crippen LogP contribution in [0.25, 0.3) is 0 Å². The van der Waals surface area contributed by atoms with Crippen molar-refractivity contribution in [3.8, 4) is 0 Å². The van der Waals surface area contributed by atoms with E-state index in [1.807, 2.05) is 0 Å². The van der Waals surface area contributed by atoms with E-state index in [1.54, 1.807) is 12.2 Å². The molecule has 0 spiro atoms. The van der Waals surface area contributed by atoms with Crippen LogP contribution in [0.2, 0.25) is 0 Å². The van der Waals surface area contributed by atoms with Gasteiger partial charge in [-0.15, -0.1) is 12.4 Å². The van der Waals surface area contributed by atoms with Crippen molar-refractivity contribution >= 4 is 12.4 Å². The standard InChI is InChI=1S/C13H23NO3.ClH/c1-8-2-4-9(5-3-8)14-10-6-7-11(15)13(17)12(10)16;/h6-17H,2-5H2,1H3;1H/t8?,9?,10-,11+,12+,13+;/m0./s1. The van der Waals surface area contributed by atoms with Crippen molar-refractivity contribution in [2.24, 2.45) is 5.92 Å². The first-order valence-corrected chi connectivity index (χ1v) is 6.56. The monoisotopic (exact) mass is 277 g/mol. The highest BCUT2D eigenvalue weighted by Gasteiger charge is 2.34. The molecule has 0 bridgehead atoms. The van der Waals surface area contributed by atoms with E-state index in [9.17, 15) is 15.3 Å². The van der Waals surface area contributed by atoms with Crippen LogP contribution < -0.4 is 5.32 Å². The Balaban J connectivity index is 0.00000162. The number of aliphatic hydroxyl groups excluding tert-OH is 3. The second-order valence-corrected chi connectivity index (χ2v) is 5.51. The molecule has 5 heteroatoms. The molecule has 0 aromatic carbocycles. The molecule has 106 valence electrons. The van der Waals surface area contributed by atoms with Crippen LogP contribution in [0.4, 0.5) is 0 Å². The minimum atomic E-state index is -1.08. The maximum absolute atomic E-state index is 9.87. The van der Waals surface area contributed by atoms with Gasteiger partial charge in [0.1, 0.15) is 18.3 Å². The van der Waals surface area contributed by atoms with Gasteiger partial charge in [-0.3, -0.25) is 0 Å². The lowest BCUT2D eigenvalue weighted by Gasteiger charge is -2.36. The second kappa shape index (κ2) is 6.87. The minimum Gasteiger partial charge on any atom is -0.388 e. The first-order chi connectivity index (χ1) is 8.08. The first-order valence-electron chi connectivity index (χ1n) is 6.56. The molecule has 1 fully saturated rings. The molecule has 0 heterocycles. The SMILES string of the molecule is CC1CCC(N[C@H]2C=C[C@@H](O)[C@@H](O)[C@@H]2O)CC1.Cl. The van der Waals surface area contributed by atoms with E-state index in [4.69, 9.17) is 0 Å². The Hall–Kier alpha value is -0.130. The van der Waals surface area contributed by atoms with E-state index in [0.29, 0.717) is 6.04 Å². The number of halogens is 1. The Kier molecular flexibility index (Phi) is 6.08. The van der Waals surface area contributed by atoms with Gasteiger partial charge in [-0.05, 0) is 31.6 Å². The summed E-state index contributed by atoms with van der Waals surface area (Å²) in [6.45, 7) is 2.27. The molecule has 0 radical (unpaired) electrons. The van der Waals surface area contributed by atoms with Crippen LogP contribution in [-0.2, 0) is 0 Å². The van der Waals surface area contributed by atoms with Gasteiger partial charge in [0.15, 0.2) is 0 Å². The maximum Gasteiger partial charge on any atom is 0.111 e. The van der Waals surface area contributed by atoms with Gasteiger partial charge in [-0.2, -0.15) is 0 Å². The van der Waals surface area contributed by atoms with Crippen molar-refractivity contribution in [2.75, 3.05) is 0 Å². The number of rotatable bonds is 2. The lowest BCUT2D eigenvalue weighted by Crippen LogP contribution is -2.54. The van der Waals surface area contributed by atoms with Crippen LogP contribution in [0.3, 0.4) is 0 Å². The van der Waals surface area contributed by atoms with Gasteiger partial charge in [-0.25, -0.2) is 0 Å². The fraction of sp³-hybridized carbons (Fsp3) is 0.846. The molecule has 2 aliphatic rings. The average Bonchev–Trinajstić information content (AvgIpc) is 2.33. The normalized spacial score (nSPS) is 44.4. The van der Waals surface area contributed by atoms with Crippen LogP contribution in [-0.4, -0.2) is 45.7 Å². The van der Waals surface area contributed by atoms with E-state index in [0.717, 1.165) is 18.8 Å². The summed E-state index contributed by atoms with van der Waals surface area (Å²) in [7, 11) is 0. The molecule has 0 unspecified atom stereocenters. The van der Waals surface area contributed by atoms with Crippen LogP contribution >= 0.6 is 12.4 Å². The predicted octanol–water partition coefficient (Wildman–Crippen LogP) is 0.598. The lowest BCUT2D eigenvalue weighted by molar-refractivity contribution is -0.0583. The summed E-state index contributed by atoms with van der Waals surface area (Å²) in [5.41, 5.74) is 0. The molecular formula is C13H24ClNO3. The van der Waals surface area contributed by atoms with Crippen molar-refractivity contribution in [1.82, 2.24) is 5.32 Å². The zero-order chi connectivity index (χ0) is 12.4. The molecular weight excluding hydrogens is 254 g/mol. The molecule has 4 N–H and O–H groups in total. The second-order valence-electron chi connectivity index (χ2n) is 5.51. The van der Waals surface area contributed by atoms with E-state index in [-0.39, 0.29) is 18.4 Å². The number of hydrogen-bond acceptors (Lipinski definition) is 4. The molecule has 0 aromatic rings. The van der Waals surface area contributed by atoms with E-state index in [1.165, 1.54) is 12.8 Å². The number of nitrogens with one attached hydrogen (secondary N) is 1. The van der Waals surface area contributed by atoms with Crippen molar-refractivity contribution in [3.05, 3.63) is 12.2 Å². The number of aliphatic hydroxyl groups is 3. The summed E-state index contributed by atoms with van der Waals surface area (Å²) in [5, 5.41) is 32.2. The molecule has 2 aliphatic carbocycles. The summed E-state index contributed by atoms with van der Waals surface area (Å²) in [5.74, 6) is 0.798. The van der Waals surface area contributed by atoms with Crippen LogP contribution in [0, 0.1) is 5.92 Å². The molecule has 0 aromatic heterocycles. The van der Waals surface area contributed by atoms with Gasteiger partial charge < -0.3 is 20.6 Å². The van der Waals surface area contributed by atoms with Gasteiger partial charge >= 0.3 is 0 Å². The largest absolute Gasteiger partial charge is 0.388 e. The third-order valence-electron chi connectivity index (χ3n) is 4.03. The molecule has 0 aliphatic heterocycles. The highest BCUT2D eigenvalue weighted by atomic mass is 35.5. The summed E-state index contributed by atoms with van der Waals surface area (Å²) in [6, 6.07) is 0.171. The molecule has 0 amide bonds. The van der Waals surface area contributed by atoms with E-state index >= 15 is 0 Å². The third kappa shape index (κ3) is 3.68. The fourth-order valence-electron chi connectivity index (χ4n) is 2.73. The Morgan fingerprint density at radius 1 is 0.944 bits per heavy atom. The zero-order valence-corrected chi connectivity index (χ0v) is 11.5. The van der Waals surface area contributed by atoms with E-state index in [2.05, 4.69) is 12.2 Å². The number of hydrogen-bond donors (Lipinski definition) is 4. The van der Waals surface area contributed by atoms with Crippen molar-refractivity contribution in [2.45, 2.75) is 63.0 Å². The van der Waals surface area contributed by atoms with Gasteiger partial charge in [0.2, 0.25) is 0 Å². The van der Waals surface area contributed by atoms with Gasteiger partial charge in [0, 0.05) is 6.04 Å². The minimum absolute atomic E-state index is 0. The molecule has 0 saturated heterocycles. The topological polar surface area (TPSA) is 72.7 Å². The fourth-order valence-corrected chi connectivity index (χ4v) is 2.73. The molecule has 1 saturated carbocycles. The molecule has 2 rings (SSSR count). The summed E-state index contributed by atoms with van der Waals surface area (Å²) in [6.07, 6.45) is 5.04. The first kappa shape index (κ1) is 15.9.